The standard InChI is InChI=1S/C25H34N2O2S/c1-7-18(3)27(24(29)25(4,5)6)16-22(28)26-14-12-21-20(13-15-30-21)23(26)19-11-9-8-10-17(19)2/h8-11,13,15,18,23H,7,12,14,16H2,1-6H3. The lowest BCUT2D eigenvalue weighted by atomic mass is 9.90. The summed E-state index contributed by atoms with van der Waals surface area (Å²) in [6.07, 6.45) is 1.70. The van der Waals surface area contributed by atoms with Crippen LogP contribution in [0.4, 0.5) is 0 Å². The predicted molar refractivity (Wildman–Crippen MR) is 124 cm³/mol. The summed E-state index contributed by atoms with van der Waals surface area (Å²) in [5.74, 6) is 0.0591. The highest BCUT2D eigenvalue weighted by Crippen LogP contribution is 2.39. The number of fused-ring (bicyclic) bond motifs is 1. The lowest BCUT2D eigenvalue weighted by Crippen LogP contribution is -2.51. The van der Waals surface area contributed by atoms with Crippen molar-refractivity contribution in [3.63, 3.8) is 0 Å². The van der Waals surface area contributed by atoms with Gasteiger partial charge in [-0.3, -0.25) is 9.59 Å². The smallest absolute Gasteiger partial charge is 0.243 e. The highest BCUT2D eigenvalue weighted by molar-refractivity contribution is 7.10. The zero-order chi connectivity index (χ0) is 22.1. The summed E-state index contributed by atoms with van der Waals surface area (Å²) in [6.45, 7) is 12.8. The van der Waals surface area contributed by atoms with Crippen molar-refractivity contribution in [1.29, 1.82) is 0 Å². The molecule has 5 heteroatoms. The van der Waals surface area contributed by atoms with Crippen molar-refractivity contribution < 1.29 is 9.59 Å². The molecule has 0 fully saturated rings. The first-order valence-electron chi connectivity index (χ1n) is 10.9. The minimum absolute atomic E-state index is 0.0259. The maximum Gasteiger partial charge on any atom is 0.243 e. The summed E-state index contributed by atoms with van der Waals surface area (Å²) in [5.41, 5.74) is 3.07. The minimum atomic E-state index is -0.512. The molecular formula is C25H34N2O2S. The first kappa shape index (κ1) is 22.5. The Labute approximate surface area is 184 Å². The monoisotopic (exact) mass is 426 g/mol. The van der Waals surface area contributed by atoms with Gasteiger partial charge in [-0.2, -0.15) is 0 Å². The molecule has 0 bridgehead atoms. The summed E-state index contributed by atoms with van der Waals surface area (Å²) in [6, 6.07) is 10.4. The fourth-order valence-electron chi connectivity index (χ4n) is 4.13. The average molecular weight is 427 g/mol. The van der Waals surface area contributed by atoms with Crippen LogP contribution in [0.1, 0.15) is 68.6 Å². The molecular weight excluding hydrogens is 392 g/mol. The van der Waals surface area contributed by atoms with Crippen LogP contribution in [0.15, 0.2) is 35.7 Å². The van der Waals surface area contributed by atoms with Crippen LogP contribution >= 0.6 is 11.3 Å². The molecule has 1 aromatic carbocycles. The SMILES string of the molecule is CCC(C)N(CC(=O)N1CCc2sccc2C1c1ccccc1C)C(=O)C(C)(C)C. The van der Waals surface area contributed by atoms with Crippen LogP contribution in [0.5, 0.6) is 0 Å². The second-order valence-electron chi connectivity index (χ2n) is 9.34. The molecule has 162 valence electrons. The lowest BCUT2D eigenvalue weighted by Gasteiger charge is -2.40. The average Bonchev–Trinajstić information content (AvgIpc) is 3.18. The van der Waals surface area contributed by atoms with E-state index in [1.54, 1.807) is 16.2 Å². The fourth-order valence-corrected chi connectivity index (χ4v) is 5.03. The quantitative estimate of drug-likeness (QED) is 0.659. The molecule has 2 atom stereocenters. The van der Waals surface area contributed by atoms with Crippen molar-refractivity contribution in [3.8, 4) is 0 Å². The molecule has 0 saturated heterocycles. The molecule has 1 aliphatic heterocycles. The van der Waals surface area contributed by atoms with Crippen LogP contribution in [-0.2, 0) is 16.0 Å². The maximum absolute atomic E-state index is 13.6. The van der Waals surface area contributed by atoms with Gasteiger partial charge in [0.05, 0.1) is 6.04 Å². The number of thiophene rings is 1. The van der Waals surface area contributed by atoms with E-state index in [2.05, 4.69) is 37.4 Å². The van der Waals surface area contributed by atoms with Crippen LogP contribution in [-0.4, -0.2) is 40.7 Å². The Bertz CT molecular complexity index is 912. The van der Waals surface area contributed by atoms with Gasteiger partial charge in [-0.05, 0) is 54.8 Å². The highest BCUT2D eigenvalue weighted by Gasteiger charge is 2.37. The molecule has 0 radical (unpaired) electrons. The number of hydrogen-bond acceptors (Lipinski definition) is 3. The van der Waals surface area contributed by atoms with E-state index in [0.717, 1.165) is 12.8 Å². The molecule has 2 aromatic rings. The zero-order valence-corrected chi connectivity index (χ0v) is 19.9. The Morgan fingerprint density at radius 1 is 1.20 bits per heavy atom. The molecule has 2 unspecified atom stereocenters. The van der Waals surface area contributed by atoms with Crippen LogP contribution < -0.4 is 0 Å². The predicted octanol–water partition coefficient (Wildman–Crippen LogP) is 5.20. The third kappa shape index (κ3) is 4.46. The molecule has 2 amide bonds. The Morgan fingerprint density at radius 3 is 2.53 bits per heavy atom. The van der Waals surface area contributed by atoms with Gasteiger partial charge in [0.25, 0.3) is 0 Å². The Balaban J connectivity index is 1.95. The molecule has 2 heterocycles. The molecule has 1 aliphatic rings. The zero-order valence-electron chi connectivity index (χ0n) is 19.1. The second-order valence-corrected chi connectivity index (χ2v) is 10.3. The van der Waals surface area contributed by atoms with Crippen LogP contribution in [0.2, 0.25) is 0 Å². The van der Waals surface area contributed by atoms with Gasteiger partial charge in [0.1, 0.15) is 6.54 Å². The molecule has 0 saturated carbocycles. The molecule has 30 heavy (non-hydrogen) atoms. The van der Waals surface area contributed by atoms with E-state index in [9.17, 15) is 9.59 Å². The van der Waals surface area contributed by atoms with Crippen molar-refractivity contribution in [2.24, 2.45) is 5.41 Å². The third-order valence-electron chi connectivity index (χ3n) is 6.10. The largest absolute Gasteiger partial charge is 0.330 e. The minimum Gasteiger partial charge on any atom is -0.330 e. The van der Waals surface area contributed by atoms with E-state index in [4.69, 9.17) is 0 Å². The first-order valence-corrected chi connectivity index (χ1v) is 11.8. The van der Waals surface area contributed by atoms with E-state index in [0.29, 0.717) is 6.54 Å². The van der Waals surface area contributed by atoms with Crippen molar-refractivity contribution in [1.82, 2.24) is 9.80 Å². The van der Waals surface area contributed by atoms with Gasteiger partial charge in [0.15, 0.2) is 0 Å². The van der Waals surface area contributed by atoms with Crippen molar-refractivity contribution in [3.05, 3.63) is 57.3 Å². The molecule has 4 nitrogen and oxygen atoms in total. The van der Waals surface area contributed by atoms with Crippen molar-refractivity contribution in [2.75, 3.05) is 13.1 Å². The van der Waals surface area contributed by atoms with Gasteiger partial charge < -0.3 is 9.80 Å². The van der Waals surface area contributed by atoms with E-state index >= 15 is 0 Å². The molecule has 3 rings (SSSR count). The first-order chi connectivity index (χ1) is 14.1. The third-order valence-corrected chi connectivity index (χ3v) is 7.10. The van der Waals surface area contributed by atoms with E-state index in [-0.39, 0.29) is 30.4 Å². The van der Waals surface area contributed by atoms with Gasteiger partial charge in [0.2, 0.25) is 11.8 Å². The van der Waals surface area contributed by atoms with Gasteiger partial charge in [0, 0.05) is 22.9 Å². The topological polar surface area (TPSA) is 40.6 Å². The van der Waals surface area contributed by atoms with E-state index < -0.39 is 5.41 Å². The molecule has 0 aliphatic carbocycles. The summed E-state index contributed by atoms with van der Waals surface area (Å²) in [7, 11) is 0. The number of rotatable bonds is 5. The summed E-state index contributed by atoms with van der Waals surface area (Å²) < 4.78 is 0. The van der Waals surface area contributed by atoms with Crippen molar-refractivity contribution in [2.45, 2.75) is 66.5 Å². The molecule has 0 N–H and O–H groups in total. The van der Waals surface area contributed by atoms with Gasteiger partial charge in [-0.1, -0.05) is 52.0 Å². The molecule has 1 aromatic heterocycles. The number of hydrogen-bond donors (Lipinski definition) is 0. The van der Waals surface area contributed by atoms with Gasteiger partial charge in [-0.15, -0.1) is 11.3 Å². The van der Waals surface area contributed by atoms with Gasteiger partial charge >= 0.3 is 0 Å². The number of carbonyl (C=O) groups is 2. The van der Waals surface area contributed by atoms with Crippen LogP contribution in [0, 0.1) is 12.3 Å². The number of aryl methyl sites for hydroxylation is 1. The number of amides is 2. The van der Waals surface area contributed by atoms with Gasteiger partial charge in [-0.25, -0.2) is 0 Å². The van der Waals surface area contributed by atoms with E-state index in [1.165, 1.54) is 21.6 Å². The summed E-state index contributed by atoms with van der Waals surface area (Å²) in [4.78, 5) is 31.9. The Hall–Kier alpha value is -2.14. The number of benzene rings is 1. The summed E-state index contributed by atoms with van der Waals surface area (Å²) >= 11 is 1.77. The highest BCUT2D eigenvalue weighted by atomic mass is 32.1. The van der Waals surface area contributed by atoms with Crippen LogP contribution in [0.25, 0.3) is 0 Å². The second kappa shape index (κ2) is 8.93. The fraction of sp³-hybridized carbons (Fsp3) is 0.520. The lowest BCUT2D eigenvalue weighted by molar-refractivity contribution is -0.148. The van der Waals surface area contributed by atoms with Crippen molar-refractivity contribution >= 4 is 23.2 Å². The Kier molecular flexibility index (Phi) is 6.71. The van der Waals surface area contributed by atoms with Crippen LogP contribution in [0.3, 0.4) is 0 Å². The Morgan fingerprint density at radius 2 is 1.90 bits per heavy atom. The maximum atomic E-state index is 13.6. The normalized spacial score (nSPS) is 17.4. The molecule has 0 spiro atoms. The summed E-state index contributed by atoms with van der Waals surface area (Å²) in [5, 5.41) is 2.12. The number of carbonyl (C=O) groups excluding carboxylic acids is 2. The number of nitrogens with zero attached hydrogens (tertiary/aromatic N) is 2. The van der Waals surface area contributed by atoms with E-state index in [1.807, 2.05) is 44.7 Å².